The first-order valence-electron chi connectivity index (χ1n) is 15.3. The van der Waals surface area contributed by atoms with Gasteiger partial charge in [0, 0.05) is 33.9 Å². The molecule has 0 bridgehead atoms. The van der Waals surface area contributed by atoms with E-state index < -0.39 is 28.5 Å². The van der Waals surface area contributed by atoms with E-state index in [1.807, 2.05) is 46.8 Å². The fourth-order valence-corrected chi connectivity index (χ4v) is 8.15. The van der Waals surface area contributed by atoms with Crippen molar-refractivity contribution >= 4 is 77.9 Å². The summed E-state index contributed by atoms with van der Waals surface area (Å²) in [6, 6.07) is 28.7. The molecule has 0 radical (unpaired) electrons. The molecule has 48 heavy (non-hydrogen) atoms. The molecule has 2 heterocycles. The Balaban J connectivity index is 1.51. The third-order valence-electron chi connectivity index (χ3n) is 7.54. The van der Waals surface area contributed by atoms with Gasteiger partial charge in [-0.05, 0) is 62.2 Å². The Morgan fingerprint density at radius 1 is 0.667 bits per heavy atom. The Labute approximate surface area is 282 Å². The van der Waals surface area contributed by atoms with Crippen molar-refractivity contribution in [2.24, 2.45) is 0 Å². The van der Waals surface area contributed by atoms with Gasteiger partial charge < -0.3 is 13.8 Å². The maximum absolute atomic E-state index is 14.5. The number of benzene rings is 4. The van der Waals surface area contributed by atoms with E-state index >= 15 is 0 Å². The molecular weight excluding hydrogens is 649 g/mol. The van der Waals surface area contributed by atoms with Gasteiger partial charge in [-0.2, -0.15) is 0 Å². The fraction of sp³-hybridized carbons (Fsp3) is 0.167. The topological polar surface area (TPSA) is 119 Å². The van der Waals surface area contributed by atoms with E-state index in [0.29, 0.717) is 21.8 Å². The Kier molecular flexibility index (Phi) is 9.74. The van der Waals surface area contributed by atoms with E-state index in [4.69, 9.17) is 9.47 Å². The van der Waals surface area contributed by atoms with Crippen LogP contribution in [0.25, 0.3) is 32.6 Å². The van der Waals surface area contributed by atoms with Crippen molar-refractivity contribution in [3.63, 3.8) is 0 Å². The lowest BCUT2D eigenvalue weighted by molar-refractivity contribution is -0.142. The normalized spacial score (nSPS) is 11.5. The average molecular weight is 681 g/mol. The minimum atomic E-state index is -4.35. The molecule has 0 aliphatic heterocycles. The molecular formula is C36H32N4O6S2. The largest absolute Gasteiger partial charge is 0.465 e. The first kappa shape index (κ1) is 32.7. The van der Waals surface area contributed by atoms with Gasteiger partial charge in [-0.25, -0.2) is 8.42 Å². The molecule has 244 valence electrons. The number of pyridine rings is 2. The number of hydrogen-bond acceptors (Lipinski definition) is 10. The first-order valence-corrected chi connectivity index (χ1v) is 17.5. The van der Waals surface area contributed by atoms with Crippen LogP contribution >= 0.6 is 11.9 Å². The zero-order valence-electron chi connectivity index (χ0n) is 26.3. The van der Waals surface area contributed by atoms with Gasteiger partial charge in [0.15, 0.2) is 0 Å². The van der Waals surface area contributed by atoms with Crippen molar-refractivity contribution in [1.82, 2.24) is 9.97 Å². The molecule has 0 amide bonds. The molecule has 0 aliphatic rings. The molecule has 4 aromatic carbocycles. The number of hydrogen-bond donors (Lipinski definition) is 0. The Morgan fingerprint density at radius 3 is 1.92 bits per heavy atom. The summed E-state index contributed by atoms with van der Waals surface area (Å²) in [5.41, 5.74) is 1.97. The summed E-state index contributed by atoms with van der Waals surface area (Å²) in [6.07, 6.45) is 3.25. The van der Waals surface area contributed by atoms with E-state index in [1.165, 1.54) is 24.2 Å². The zero-order chi connectivity index (χ0) is 33.7. The van der Waals surface area contributed by atoms with Crippen molar-refractivity contribution in [3.8, 4) is 0 Å². The minimum absolute atomic E-state index is 0.0407. The lowest BCUT2D eigenvalue weighted by Crippen LogP contribution is -2.37. The van der Waals surface area contributed by atoms with Crippen LogP contribution in [-0.2, 0) is 29.1 Å². The van der Waals surface area contributed by atoms with Gasteiger partial charge in [-0.3, -0.25) is 23.9 Å². The molecule has 6 aromatic rings. The molecule has 0 atom stereocenters. The average Bonchev–Trinajstić information content (AvgIpc) is 3.10. The van der Waals surface area contributed by atoms with Crippen LogP contribution in [0.5, 0.6) is 0 Å². The van der Waals surface area contributed by atoms with Gasteiger partial charge in [-0.15, -0.1) is 0 Å². The highest BCUT2D eigenvalue weighted by molar-refractivity contribution is 8.01. The number of aromatic nitrogens is 2. The summed E-state index contributed by atoms with van der Waals surface area (Å²) in [6.45, 7) is 3.06. The van der Waals surface area contributed by atoms with Crippen LogP contribution in [0, 0.1) is 0 Å². The summed E-state index contributed by atoms with van der Waals surface area (Å²) in [4.78, 5) is 35.6. The second-order valence-electron chi connectivity index (χ2n) is 10.6. The Bertz CT molecular complexity index is 2240. The van der Waals surface area contributed by atoms with Crippen LogP contribution in [0.1, 0.15) is 13.8 Å². The van der Waals surface area contributed by atoms with Gasteiger partial charge in [0.2, 0.25) is 0 Å². The Hall–Kier alpha value is -5.20. The third-order valence-corrected chi connectivity index (χ3v) is 10.4. The number of fused-ring (bicyclic) bond motifs is 3. The molecule has 0 fully saturated rings. The van der Waals surface area contributed by atoms with E-state index in [2.05, 4.69) is 9.97 Å². The number of ether oxygens (including phenoxy) is 2. The maximum atomic E-state index is 14.5. The van der Waals surface area contributed by atoms with E-state index in [9.17, 15) is 18.0 Å². The third kappa shape index (κ3) is 6.62. The van der Waals surface area contributed by atoms with Crippen LogP contribution in [0.4, 0.5) is 11.4 Å². The standard InChI is InChI=1S/C36H32N4O6S2/c1-3-45-33(41)23-39(47-31-17-7-11-25-13-9-21-37-35(25)31)29-19-20-30(28-16-6-5-15-27(28)29)40(24-34(42)46-4-2)48(43,44)32-18-8-12-26-14-10-22-38-36(26)32/h5-22H,3-4,23-24H2,1-2H3. The molecule has 6 rings (SSSR count). The number of para-hydroxylation sites is 2. The molecule has 0 aliphatic carbocycles. The summed E-state index contributed by atoms with van der Waals surface area (Å²) in [7, 11) is -4.35. The monoisotopic (exact) mass is 680 g/mol. The minimum Gasteiger partial charge on any atom is -0.465 e. The van der Waals surface area contributed by atoms with Gasteiger partial charge >= 0.3 is 11.9 Å². The number of esters is 2. The molecule has 12 heteroatoms. The van der Waals surface area contributed by atoms with E-state index in [0.717, 1.165) is 20.1 Å². The number of rotatable bonds is 12. The van der Waals surface area contributed by atoms with Crippen molar-refractivity contribution in [1.29, 1.82) is 0 Å². The SMILES string of the molecule is CCOC(=O)CN(Sc1cccc2cccnc12)c1ccc(N(CC(=O)OCC)S(=O)(=O)c2cccc3cccnc23)c2ccccc12. The van der Waals surface area contributed by atoms with Crippen LogP contribution < -0.4 is 8.61 Å². The summed E-state index contributed by atoms with van der Waals surface area (Å²) < 4.78 is 42.5. The number of nitrogens with zero attached hydrogens (tertiary/aromatic N) is 4. The molecule has 0 spiro atoms. The Morgan fingerprint density at radius 2 is 1.23 bits per heavy atom. The molecule has 0 saturated carbocycles. The number of anilines is 2. The second-order valence-corrected chi connectivity index (χ2v) is 13.5. The van der Waals surface area contributed by atoms with E-state index in [-0.39, 0.29) is 35.9 Å². The van der Waals surface area contributed by atoms with Crippen LogP contribution in [0.3, 0.4) is 0 Å². The molecule has 0 N–H and O–H groups in total. The van der Waals surface area contributed by atoms with Crippen molar-refractivity contribution in [2.75, 3.05) is 34.9 Å². The van der Waals surface area contributed by atoms with Crippen LogP contribution in [0.2, 0.25) is 0 Å². The van der Waals surface area contributed by atoms with Crippen molar-refractivity contribution < 1.29 is 27.5 Å². The van der Waals surface area contributed by atoms with Crippen molar-refractivity contribution in [3.05, 3.63) is 109 Å². The van der Waals surface area contributed by atoms with E-state index in [1.54, 1.807) is 68.6 Å². The summed E-state index contributed by atoms with van der Waals surface area (Å²) in [5, 5.41) is 2.78. The number of carbonyl (C=O) groups excluding carboxylic acids is 2. The molecule has 0 unspecified atom stereocenters. The highest BCUT2D eigenvalue weighted by atomic mass is 32.2. The van der Waals surface area contributed by atoms with Gasteiger partial charge in [0.1, 0.15) is 18.0 Å². The first-order chi connectivity index (χ1) is 23.3. The van der Waals surface area contributed by atoms with Gasteiger partial charge in [0.25, 0.3) is 10.0 Å². The van der Waals surface area contributed by atoms with Crippen LogP contribution in [-0.4, -0.2) is 56.6 Å². The summed E-state index contributed by atoms with van der Waals surface area (Å²) >= 11 is 1.33. The number of carbonyl (C=O) groups is 2. The highest BCUT2D eigenvalue weighted by Crippen LogP contribution is 2.41. The van der Waals surface area contributed by atoms with Gasteiger partial charge in [-0.1, -0.05) is 60.7 Å². The second kappa shape index (κ2) is 14.3. The van der Waals surface area contributed by atoms with Gasteiger partial charge in [0.05, 0.1) is 40.5 Å². The smallest absolute Gasteiger partial charge is 0.326 e. The molecule has 10 nitrogen and oxygen atoms in total. The lowest BCUT2D eigenvalue weighted by Gasteiger charge is -2.28. The maximum Gasteiger partial charge on any atom is 0.326 e. The lowest BCUT2D eigenvalue weighted by atomic mass is 10.1. The number of sulfonamides is 1. The zero-order valence-corrected chi connectivity index (χ0v) is 27.9. The quantitative estimate of drug-likeness (QED) is 0.101. The fourth-order valence-electron chi connectivity index (χ4n) is 5.49. The molecule has 0 saturated heterocycles. The highest BCUT2D eigenvalue weighted by Gasteiger charge is 2.32. The van der Waals surface area contributed by atoms with Crippen molar-refractivity contribution in [2.45, 2.75) is 23.6 Å². The summed E-state index contributed by atoms with van der Waals surface area (Å²) in [5.74, 6) is -1.13. The molecule has 2 aromatic heterocycles. The van der Waals surface area contributed by atoms with Crippen LogP contribution in [0.15, 0.2) is 119 Å². The predicted octanol–water partition coefficient (Wildman–Crippen LogP) is 6.77. The predicted molar refractivity (Wildman–Crippen MR) is 188 cm³/mol.